The van der Waals surface area contributed by atoms with Crippen molar-refractivity contribution in [1.29, 1.82) is 0 Å². The molecule has 3 nitrogen and oxygen atoms in total. The van der Waals surface area contributed by atoms with Gasteiger partial charge in [0.2, 0.25) is 0 Å². The largest absolute Gasteiger partial charge is 0.469 e. The maximum absolute atomic E-state index is 13.5. The van der Waals surface area contributed by atoms with E-state index in [1.165, 1.54) is 25.3 Å². The highest BCUT2D eigenvalue weighted by atomic mass is 19.1. The lowest BCUT2D eigenvalue weighted by molar-refractivity contribution is -0.152. The second kappa shape index (κ2) is 5.77. The average Bonchev–Trinajstić information content (AvgIpc) is 2.28. The number of carbonyl (C=O) groups is 1. The number of hydrogen-bond donors (Lipinski definition) is 1. The van der Waals surface area contributed by atoms with Crippen LogP contribution in [0.1, 0.15) is 25.5 Å². The summed E-state index contributed by atoms with van der Waals surface area (Å²) >= 11 is 0. The van der Waals surface area contributed by atoms with Crippen molar-refractivity contribution in [2.24, 2.45) is 11.8 Å². The van der Waals surface area contributed by atoms with Crippen molar-refractivity contribution < 1.29 is 19.0 Å². The lowest BCUT2D eigenvalue weighted by atomic mass is 9.86. The van der Waals surface area contributed by atoms with E-state index in [0.29, 0.717) is 0 Å². The highest BCUT2D eigenvalue weighted by molar-refractivity contribution is 5.73. The van der Waals surface area contributed by atoms with Crippen molar-refractivity contribution in [2.75, 3.05) is 7.11 Å². The van der Waals surface area contributed by atoms with Crippen LogP contribution in [0.4, 0.5) is 4.39 Å². The number of aliphatic hydroxyl groups excluding tert-OH is 1. The van der Waals surface area contributed by atoms with E-state index in [1.54, 1.807) is 19.9 Å². The molecule has 0 amide bonds. The third-order valence-electron chi connectivity index (χ3n) is 2.76. The Morgan fingerprint density at radius 2 is 1.94 bits per heavy atom. The number of ether oxygens (including phenoxy) is 1. The summed E-state index contributed by atoms with van der Waals surface area (Å²) in [5.41, 5.74) is 0.122. The van der Waals surface area contributed by atoms with Crippen molar-refractivity contribution in [3.8, 4) is 0 Å². The summed E-state index contributed by atoms with van der Waals surface area (Å²) in [6.07, 6.45) is -1.19. The van der Waals surface area contributed by atoms with Gasteiger partial charge in [0.15, 0.2) is 0 Å². The Morgan fingerprint density at radius 3 is 2.41 bits per heavy atom. The first-order valence-electron chi connectivity index (χ1n) is 5.49. The fourth-order valence-electron chi connectivity index (χ4n) is 1.81. The third kappa shape index (κ3) is 3.03. The predicted molar refractivity (Wildman–Crippen MR) is 61.7 cm³/mol. The quantitative estimate of drug-likeness (QED) is 0.821. The van der Waals surface area contributed by atoms with Crippen LogP contribution in [0.2, 0.25) is 0 Å². The third-order valence-corrected chi connectivity index (χ3v) is 2.76. The highest BCUT2D eigenvalue weighted by Crippen LogP contribution is 2.30. The van der Waals surface area contributed by atoms with Crippen molar-refractivity contribution in [2.45, 2.75) is 20.0 Å². The number of rotatable bonds is 4. The average molecular weight is 240 g/mol. The number of halogens is 1. The van der Waals surface area contributed by atoms with Crippen LogP contribution in [-0.2, 0) is 9.53 Å². The molecule has 0 saturated heterocycles. The molecule has 0 aliphatic heterocycles. The van der Waals surface area contributed by atoms with Gasteiger partial charge in [-0.3, -0.25) is 4.79 Å². The maximum atomic E-state index is 13.5. The van der Waals surface area contributed by atoms with Crippen LogP contribution in [-0.4, -0.2) is 18.2 Å². The summed E-state index contributed by atoms with van der Waals surface area (Å²) < 4.78 is 18.2. The van der Waals surface area contributed by atoms with E-state index in [9.17, 15) is 14.3 Å². The first-order valence-corrected chi connectivity index (χ1v) is 5.49. The Labute approximate surface area is 100 Å². The van der Waals surface area contributed by atoms with Crippen molar-refractivity contribution in [3.05, 3.63) is 35.6 Å². The fourth-order valence-corrected chi connectivity index (χ4v) is 1.81. The fraction of sp³-hybridized carbons (Fsp3) is 0.462. The lowest BCUT2D eigenvalue weighted by Gasteiger charge is -2.24. The first-order chi connectivity index (χ1) is 7.99. The normalized spacial score (nSPS) is 14.5. The monoisotopic (exact) mass is 240 g/mol. The Morgan fingerprint density at radius 1 is 1.35 bits per heavy atom. The van der Waals surface area contributed by atoms with Gasteiger partial charge in [-0.05, 0) is 12.0 Å². The van der Waals surface area contributed by atoms with Crippen LogP contribution in [0.5, 0.6) is 0 Å². The van der Waals surface area contributed by atoms with Gasteiger partial charge < -0.3 is 9.84 Å². The van der Waals surface area contributed by atoms with Crippen LogP contribution in [0.3, 0.4) is 0 Å². The van der Waals surface area contributed by atoms with E-state index < -0.39 is 23.8 Å². The molecule has 0 heterocycles. The smallest absolute Gasteiger partial charge is 0.311 e. The standard InChI is InChI=1S/C13H17FO3/c1-8(2)11(13(16)17-3)12(15)9-6-4-5-7-10(9)14/h4-8,11-12,15H,1-3H3. The number of benzene rings is 1. The summed E-state index contributed by atoms with van der Waals surface area (Å²) in [5.74, 6) is -1.96. The Hall–Kier alpha value is -1.42. The Bertz CT molecular complexity index is 390. The van der Waals surface area contributed by atoms with Gasteiger partial charge in [-0.2, -0.15) is 0 Å². The first kappa shape index (κ1) is 13.6. The lowest BCUT2D eigenvalue weighted by Crippen LogP contribution is -2.28. The molecule has 0 bridgehead atoms. The van der Waals surface area contributed by atoms with Crippen LogP contribution >= 0.6 is 0 Å². The van der Waals surface area contributed by atoms with E-state index in [4.69, 9.17) is 0 Å². The summed E-state index contributed by atoms with van der Waals surface area (Å²) in [6, 6.07) is 5.88. The molecule has 1 aromatic rings. The molecule has 2 atom stereocenters. The summed E-state index contributed by atoms with van der Waals surface area (Å²) in [5, 5.41) is 10.1. The number of hydrogen-bond acceptors (Lipinski definition) is 3. The molecule has 4 heteroatoms. The SMILES string of the molecule is COC(=O)C(C(C)C)C(O)c1ccccc1F. The molecule has 0 aliphatic rings. The Balaban J connectivity index is 3.04. The van der Waals surface area contributed by atoms with Crippen LogP contribution < -0.4 is 0 Å². The number of methoxy groups -OCH3 is 1. The van der Waals surface area contributed by atoms with Gasteiger partial charge in [-0.1, -0.05) is 32.0 Å². The zero-order chi connectivity index (χ0) is 13.0. The molecule has 0 aliphatic carbocycles. The van der Waals surface area contributed by atoms with Gasteiger partial charge in [0.25, 0.3) is 0 Å². The molecule has 1 rings (SSSR count). The van der Waals surface area contributed by atoms with E-state index in [-0.39, 0.29) is 11.5 Å². The molecule has 0 radical (unpaired) electrons. The minimum Gasteiger partial charge on any atom is -0.469 e. The van der Waals surface area contributed by atoms with Crippen molar-refractivity contribution in [3.63, 3.8) is 0 Å². The van der Waals surface area contributed by atoms with Gasteiger partial charge in [0.1, 0.15) is 5.82 Å². The number of esters is 1. The summed E-state index contributed by atoms with van der Waals surface area (Å²) in [4.78, 5) is 11.6. The highest BCUT2D eigenvalue weighted by Gasteiger charge is 2.33. The van der Waals surface area contributed by atoms with Gasteiger partial charge in [-0.25, -0.2) is 4.39 Å². The van der Waals surface area contributed by atoms with Gasteiger partial charge in [0.05, 0.1) is 19.1 Å². The second-order valence-corrected chi connectivity index (χ2v) is 4.26. The molecule has 0 fully saturated rings. The van der Waals surface area contributed by atoms with Gasteiger partial charge in [-0.15, -0.1) is 0 Å². The van der Waals surface area contributed by atoms with Crippen molar-refractivity contribution >= 4 is 5.97 Å². The molecule has 0 aromatic heterocycles. The molecule has 0 saturated carbocycles. The molecular formula is C13H17FO3. The maximum Gasteiger partial charge on any atom is 0.311 e. The number of aliphatic hydroxyl groups is 1. The van der Waals surface area contributed by atoms with E-state index in [2.05, 4.69) is 4.74 Å². The number of carbonyl (C=O) groups excluding carboxylic acids is 1. The molecular weight excluding hydrogens is 223 g/mol. The molecule has 1 aromatic carbocycles. The van der Waals surface area contributed by atoms with Crippen LogP contribution in [0.25, 0.3) is 0 Å². The molecule has 2 unspecified atom stereocenters. The van der Waals surface area contributed by atoms with Crippen molar-refractivity contribution in [1.82, 2.24) is 0 Å². The summed E-state index contributed by atoms with van der Waals surface area (Å²) in [6.45, 7) is 3.57. The minimum atomic E-state index is -1.19. The molecule has 17 heavy (non-hydrogen) atoms. The Kier molecular flexibility index (Phi) is 4.63. The zero-order valence-electron chi connectivity index (χ0n) is 10.2. The molecule has 94 valence electrons. The topological polar surface area (TPSA) is 46.5 Å². The van der Waals surface area contributed by atoms with Crippen LogP contribution in [0, 0.1) is 17.7 Å². The van der Waals surface area contributed by atoms with E-state index in [0.717, 1.165) is 0 Å². The van der Waals surface area contributed by atoms with Gasteiger partial charge in [0, 0.05) is 5.56 Å². The van der Waals surface area contributed by atoms with Crippen LogP contribution in [0.15, 0.2) is 24.3 Å². The predicted octanol–water partition coefficient (Wildman–Crippen LogP) is 2.30. The molecule has 1 N–H and O–H groups in total. The molecule has 0 spiro atoms. The minimum absolute atomic E-state index is 0.122. The summed E-state index contributed by atoms with van der Waals surface area (Å²) in [7, 11) is 1.26. The zero-order valence-corrected chi connectivity index (χ0v) is 10.2. The van der Waals surface area contributed by atoms with E-state index in [1.807, 2.05) is 0 Å². The second-order valence-electron chi connectivity index (χ2n) is 4.26. The van der Waals surface area contributed by atoms with E-state index >= 15 is 0 Å². The van der Waals surface area contributed by atoms with Gasteiger partial charge >= 0.3 is 5.97 Å².